The van der Waals surface area contributed by atoms with Gasteiger partial charge < -0.3 is 24.1 Å². The van der Waals surface area contributed by atoms with Crippen molar-refractivity contribution in [1.82, 2.24) is 10.3 Å². The number of esters is 1. The van der Waals surface area contributed by atoms with Crippen molar-refractivity contribution in [3.8, 4) is 0 Å². The van der Waals surface area contributed by atoms with Crippen LogP contribution in [0.3, 0.4) is 0 Å². The van der Waals surface area contributed by atoms with Crippen molar-refractivity contribution in [2.45, 2.75) is 77.7 Å². The molecule has 1 saturated heterocycles. The molecule has 2 rings (SSSR count). The van der Waals surface area contributed by atoms with Crippen molar-refractivity contribution in [2.24, 2.45) is 0 Å². The van der Waals surface area contributed by atoms with Gasteiger partial charge in [0.2, 0.25) is 0 Å². The molecule has 9 heteroatoms. The van der Waals surface area contributed by atoms with Gasteiger partial charge in [0.05, 0.1) is 30.8 Å². The van der Waals surface area contributed by atoms with Crippen molar-refractivity contribution < 1.29 is 28.4 Å². The Morgan fingerprint density at radius 3 is 2.28 bits per heavy atom. The number of aromatic nitrogens is 1. The van der Waals surface area contributed by atoms with E-state index < -0.39 is 42.0 Å². The smallest absolute Gasteiger partial charge is 0.469 e. The summed E-state index contributed by atoms with van der Waals surface area (Å²) in [6.45, 7) is 13.2. The Balaban J connectivity index is 2.26. The second kappa shape index (κ2) is 8.32. The van der Waals surface area contributed by atoms with Crippen LogP contribution in [0.25, 0.3) is 0 Å². The van der Waals surface area contributed by atoms with Crippen LogP contribution < -0.4 is 10.8 Å². The minimum absolute atomic E-state index is 0.0652. The van der Waals surface area contributed by atoms with Crippen LogP contribution in [-0.4, -0.2) is 48.1 Å². The molecule has 1 aliphatic heterocycles. The van der Waals surface area contributed by atoms with Gasteiger partial charge >= 0.3 is 19.2 Å². The van der Waals surface area contributed by atoms with Gasteiger partial charge in [-0.3, -0.25) is 9.78 Å². The molecular weight excluding hydrogens is 375 g/mol. The van der Waals surface area contributed by atoms with Crippen LogP contribution in [0, 0.1) is 0 Å². The normalized spacial score (nSPS) is 18.8. The Kier molecular flexibility index (Phi) is 6.64. The molecule has 29 heavy (non-hydrogen) atoms. The third-order valence-electron chi connectivity index (χ3n) is 5.00. The predicted octanol–water partition coefficient (Wildman–Crippen LogP) is 2.51. The van der Waals surface area contributed by atoms with Crippen molar-refractivity contribution in [3.63, 3.8) is 0 Å². The minimum Gasteiger partial charge on any atom is -0.469 e. The van der Waals surface area contributed by atoms with Crippen molar-refractivity contribution in [2.75, 3.05) is 7.11 Å². The predicted molar refractivity (Wildman–Crippen MR) is 109 cm³/mol. The summed E-state index contributed by atoms with van der Waals surface area (Å²) < 4.78 is 22.2. The zero-order chi connectivity index (χ0) is 22.0. The molecule has 1 aromatic rings. The fourth-order valence-electron chi connectivity index (χ4n) is 2.73. The fourth-order valence-corrected chi connectivity index (χ4v) is 2.73. The first-order valence-corrected chi connectivity index (χ1v) is 9.61. The van der Waals surface area contributed by atoms with Gasteiger partial charge in [0.1, 0.15) is 5.60 Å². The van der Waals surface area contributed by atoms with E-state index in [2.05, 4.69) is 10.3 Å². The van der Waals surface area contributed by atoms with Crippen LogP contribution in [0.2, 0.25) is 0 Å². The van der Waals surface area contributed by atoms with E-state index in [9.17, 15) is 9.59 Å². The van der Waals surface area contributed by atoms with Crippen LogP contribution >= 0.6 is 0 Å². The molecule has 1 aliphatic rings. The largest absolute Gasteiger partial charge is 0.496 e. The van der Waals surface area contributed by atoms with E-state index in [-0.39, 0.29) is 6.42 Å². The van der Waals surface area contributed by atoms with Crippen molar-refractivity contribution >= 4 is 24.6 Å². The second-order valence-corrected chi connectivity index (χ2v) is 9.12. The molecule has 160 valence electrons. The van der Waals surface area contributed by atoms with Crippen molar-refractivity contribution in [3.05, 3.63) is 24.0 Å². The molecule has 0 spiro atoms. The van der Waals surface area contributed by atoms with Gasteiger partial charge in [-0.15, -0.1) is 0 Å². The average molecular weight is 406 g/mol. The second-order valence-electron chi connectivity index (χ2n) is 9.12. The Bertz CT molecular complexity index is 744. The van der Waals surface area contributed by atoms with Crippen LogP contribution in [0.15, 0.2) is 18.5 Å². The standard InChI is InChI=1S/C20H31BN2O6/c1-18(2,3)27-17(25)23-15(10-16(24)26-8)13-9-14(12-22-11-13)21-28-19(4,5)20(6,7)29-21/h9,11-12,15H,10H2,1-8H3,(H,23,25)/t15-/m0/s1. The van der Waals surface area contributed by atoms with Gasteiger partial charge in [-0.1, -0.05) is 6.07 Å². The molecule has 0 bridgehead atoms. The van der Waals surface area contributed by atoms with Gasteiger partial charge in [-0.05, 0) is 54.0 Å². The summed E-state index contributed by atoms with van der Waals surface area (Å²) in [5.74, 6) is -0.466. The molecule has 1 N–H and O–H groups in total. The first-order valence-electron chi connectivity index (χ1n) is 9.61. The zero-order valence-electron chi connectivity index (χ0n) is 18.5. The molecule has 0 unspecified atom stereocenters. The Labute approximate surface area is 172 Å². The third-order valence-corrected chi connectivity index (χ3v) is 5.00. The quantitative estimate of drug-likeness (QED) is 0.593. The van der Waals surface area contributed by atoms with Gasteiger partial charge in [0.25, 0.3) is 0 Å². The summed E-state index contributed by atoms with van der Waals surface area (Å²) in [4.78, 5) is 28.4. The monoisotopic (exact) mass is 406 g/mol. The first kappa shape index (κ1) is 23.2. The maximum Gasteiger partial charge on any atom is 0.496 e. The van der Waals surface area contributed by atoms with E-state index >= 15 is 0 Å². The number of carbonyl (C=O) groups excluding carboxylic acids is 2. The fraction of sp³-hybridized carbons (Fsp3) is 0.650. The highest BCUT2D eigenvalue weighted by Crippen LogP contribution is 2.36. The van der Waals surface area contributed by atoms with E-state index in [1.807, 2.05) is 27.7 Å². The Morgan fingerprint density at radius 2 is 1.76 bits per heavy atom. The van der Waals surface area contributed by atoms with Crippen LogP contribution in [0.1, 0.15) is 66.5 Å². The van der Waals surface area contributed by atoms with Crippen molar-refractivity contribution in [1.29, 1.82) is 0 Å². The molecule has 1 aromatic heterocycles. The molecule has 2 heterocycles. The number of hydrogen-bond donors (Lipinski definition) is 1. The van der Waals surface area contributed by atoms with E-state index in [0.29, 0.717) is 11.0 Å². The summed E-state index contributed by atoms with van der Waals surface area (Å²) in [6.07, 6.45) is 2.53. The Morgan fingerprint density at radius 1 is 1.17 bits per heavy atom. The molecule has 0 aromatic carbocycles. The SMILES string of the molecule is COC(=O)C[C@H](NC(=O)OC(C)(C)C)c1cncc(B2OC(C)(C)C(C)(C)O2)c1. The maximum atomic E-state index is 12.3. The minimum atomic E-state index is -0.674. The highest BCUT2D eigenvalue weighted by molar-refractivity contribution is 6.62. The number of pyridine rings is 1. The molecule has 1 amide bonds. The molecule has 8 nitrogen and oxygen atoms in total. The topological polar surface area (TPSA) is 96.0 Å². The average Bonchev–Trinajstić information content (AvgIpc) is 2.80. The Hall–Kier alpha value is -2.13. The van der Waals surface area contributed by atoms with Gasteiger partial charge in [-0.2, -0.15) is 0 Å². The van der Waals surface area contributed by atoms with E-state index in [1.54, 1.807) is 39.2 Å². The van der Waals surface area contributed by atoms with Gasteiger partial charge in [0, 0.05) is 17.9 Å². The highest BCUT2D eigenvalue weighted by atomic mass is 16.7. The molecular formula is C20H31BN2O6. The van der Waals surface area contributed by atoms with Gasteiger partial charge in [-0.25, -0.2) is 4.79 Å². The van der Waals surface area contributed by atoms with E-state index in [1.165, 1.54) is 7.11 Å². The van der Waals surface area contributed by atoms with Crippen LogP contribution in [0.4, 0.5) is 4.79 Å². The summed E-state index contributed by atoms with van der Waals surface area (Å²) in [7, 11) is 0.694. The number of nitrogens with one attached hydrogen (secondary N) is 1. The molecule has 0 saturated carbocycles. The van der Waals surface area contributed by atoms with Gasteiger partial charge in [0.15, 0.2) is 0 Å². The lowest BCUT2D eigenvalue weighted by Gasteiger charge is -2.32. The zero-order valence-corrected chi connectivity index (χ0v) is 18.5. The molecule has 0 aliphatic carbocycles. The summed E-state index contributed by atoms with van der Waals surface area (Å²) in [6, 6.07) is 1.13. The molecule has 1 fully saturated rings. The summed E-state index contributed by atoms with van der Waals surface area (Å²) in [5, 5.41) is 2.72. The number of amides is 1. The lowest BCUT2D eigenvalue weighted by Crippen LogP contribution is -2.41. The maximum absolute atomic E-state index is 12.3. The molecule has 0 radical (unpaired) electrons. The number of ether oxygens (including phenoxy) is 2. The van der Waals surface area contributed by atoms with E-state index in [0.717, 1.165) is 0 Å². The van der Waals surface area contributed by atoms with Crippen LogP contribution in [0.5, 0.6) is 0 Å². The van der Waals surface area contributed by atoms with Crippen LogP contribution in [-0.2, 0) is 23.6 Å². The first-order chi connectivity index (χ1) is 13.2. The molecule has 1 atom stereocenters. The lowest BCUT2D eigenvalue weighted by atomic mass is 9.79. The number of rotatable bonds is 5. The highest BCUT2D eigenvalue weighted by Gasteiger charge is 2.51. The number of hydrogen-bond acceptors (Lipinski definition) is 7. The van der Waals surface area contributed by atoms with E-state index in [4.69, 9.17) is 18.8 Å². The number of nitrogens with zero attached hydrogens (tertiary/aromatic N) is 1. The number of alkyl carbamates (subject to hydrolysis) is 1. The number of methoxy groups -OCH3 is 1. The summed E-state index contributed by atoms with van der Waals surface area (Å²) >= 11 is 0. The third kappa shape index (κ3) is 5.93. The number of carbonyl (C=O) groups is 2. The summed E-state index contributed by atoms with van der Waals surface area (Å²) in [5.41, 5.74) is -0.333. The lowest BCUT2D eigenvalue weighted by molar-refractivity contribution is -0.141.